The molecule has 4 nitrogen and oxygen atoms in total. The Morgan fingerprint density at radius 3 is 2.30 bits per heavy atom. The topological polar surface area (TPSA) is 42.3 Å². The zero-order valence-electron chi connectivity index (χ0n) is 17.3. The summed E-state index contributed by atoms with van der Waals surface area (Å²) in [5.74, 6) is -0.422. The average Bonchev–Trinajstić information content (AvgIpc) is 2.92. The second kappa shape index (κ2) is 7.97. The summed E-state index contributed by atoms with van der Waals surface area (Å²) in [7, 11) is 1.79. The monoisotopic (exact) mass is 416 g/mol. The molecule has 0 fully saturated rings. The molecule has 0 N–H and O–H groups in total. The Morgan fingerprint density at radius 1 is 1.03 bits per heavy atom. The van der Waals surface area contributed by atoms with Gasteiger partial charge in [-0.2, -0.15) is 13.2 Å². The van der Waals surface area contributed by atoms with Gasteiger partial charge in [-0.05, 0) is 30.7 Å². The highest BCUT2D eigenvalue weighted by atomic mass is 19.4. The van der Waals surface area contributed by atoms with Crippen LogP contribution < -0.4 is 0 Å². The maximum atomic E-state index is 13.2. The summed E-state index contributed by atoms with van der Waals surface area (Å²) in [6, 6.07) is 11.3. The number of nitrogens with zero attached hydrogens (tertiary/aromatic N) is 2. The van der Waals surface area contributed by atoms with Crippen LogP contribution in [0.4, 0.5) is 13.2 Å². The molecule has 0 atom stereocenters. The number of hydrogen-bond donors (Lipinski definition) is 0. The van der Waals surface area contributed by atoms with Crippen molar-refractivity contribution >= 4 is 22.6 Å². The fourth-order valence-corrected chi connectivity index (χ4v) is 3.89. The number of hydrogen-bond acceptors (Lipinski definition) is 2. The van der Waals surface area contributed by atoms with E-state index in [1.54, 1.807) is 24.6 Å². The summed E-state index contributed by atoms with van der Waals surface area (Å²) >= 11 is 0. The molecular formula is C23H23F3N2O2. The lowest BCUT2D eigenvalue weighted by Gasteiger charge is -2.23. The first-order valence-corrected chi connectivity index (χ1v) is 9.49. The van der Waals surface area contributed by atoms with E-state index in [4.69, 9.17) is 0 Å². The van der Waals surface area contributed by atoms with Crippen LogP contribution in [0.25, 0.3) is 10.9 Å². The molecule has 0 aliphatic carbocycles. The lowest BCUT2D eigenvalue weighted by atomic mass is 10.0. The van der Waals surface area contributed by atoms with E-state index in [-0.39, 0.29) is 24.8 Å². The molecule has 7 heteroatoms. The Hall–Kier alpha value is -3.09. The number of rotatable bonds is 5. The fourth-order valence-electron chi connectivity index (χ4n) is 3.89. The Balaban J connectivity index is 2.03. The molecule has 0 saturated carbocycles. The summed E-state index contributed by atoms with van der Waals surface area (Å²) in [5.41, 5.74) is 2.16. The van der Waals surface area contributed by atoms with E-state index in [2.05, 4.69) is 0 Å². The van der Waals surface area contributed by atoms with Crippen molar-refractivity contribution in [1.29, 1.82) is 0 Å². The first-order chi connectivity index (χ1) is 14.0. The van der Waals surface area contributed by atoms with Crippen LogP contribution in [-0.2, 0) is 31.1 Å². The Morgan fingerprint density at radius 2 is 1.70 bits per heavy atom. The van der Waals surface area contributed by atoms with Crippen LogP contribution in [0.1, 0.15) is 46.6 Å². The van der Waals surface area contributed by atoms with Gasteiger partial charge in [0.25, 0.3) is 0 Å². The summed E-state index contributed by atoms with van der Waals surface area (Å²) in [5, 5.41) is 0.844. The van der Waals surface area contributed by atoms with Crippen molar-refractivity contribution in [1.82, 2.24) is 9.47 Å². The fraction of sp³-hybridized carbons (Fsp3) is 0.304. The number of Topliss-reactive ketones (excluding diaryl/α,β-unsaturated/α-hetero) is 1. The minimum absolute atomic E-state index is 0.0145. The van der Waals surface area contributed by atoms with E-state index >= 15 is 0 Å². The lowest BCUT2D eigenvalue weighted by Crippen LogP contribution is -2.28. The zero-order valence-corrected chi connectivity index (χ0v) is 17.3. The molecule has 3 aromatic rings. The Labute approximate surface area is 172 Å². The summed E-state index contributed by atoms with van der Waals surface area (Å²) < 4.78 is 41.4. The van der Waals surface area contributed by atoms with Gasteiger partial charge in [0.05, 0.1) is 11.3 Å². The number of para-hydroxylation sites is 1. The SMILES string of the molecule is CC(=O)c1c(CN(Cc2cc(C)cc(C(F)(F)F)c2)C(C)=O)c2ccccc2n1C. The van der Waals surface area contributed by atoms with Crippen LogP contribution >= 0.6 is 0 Å². The van der Waals surface area contributed by atoms with Crippen molar-refractivity contribution in [2.45, 2.75) is 40.0 Å². The van der Waals surface area contributed by atoms with Crippen molar-refractivity contribution in [2.24, 2.45) is 7.05 Å². The molecule has 1 aromatic heterocycles. The molecule has 1 heterocycles. The number of fused-ring (bicyclic) bond motifs is 1. The van der Waals surface area contributed by atoms with Crippen molar-refractivity contribution in [3.8, 4) is 0 Å². The molecule has 3 rings (SSSR count). The van der Waals surface area contributed by atoms with Gasteiger partial charge in [-0.1, -0.05) is 29.8 Å². The zero-order chi connectivity index (χ0) is 22.2. The van der Waals surface area contributed by atoms with Crippen LogP contribution in [-0.4, -0.2) is 21.2 Å². The largest absolute Gasteiger partial charge is 0.416 e. The predicted octanol–water partition coefficient (Wildman–Crippen LogP) is 5.26. The molecule has 0 spiro atoms. The number of alkyl halides is 3. The first-order valence-electron chi connectivity index (χ1n) is 9.49. The predicted molar refractivity (Wildman–Crippen MR) is 109 cm³/mol. The normalized spacial score (nSPS) is 11.7. The van der Waals surface area contributed by atoms with Gasteiger partial charge in [-0.25, -0.2) is 0 Å². The number of halogens is 3. The van der Waals surface area contributed by atoms with Crippen molar-refractivity contribution in [3.63, 3.8) is 0 Å². The highest BCUT2D eigenvalue weighted by molar-refractivity contribution is 6.01. The number of benzene rings is 2. The van der Waals surface area contributed by atoms with Gasteiger partial charge in [0.15, 0.2) is 5.78 Å². The van der Waals surface area contributed by atoms with Crippen LogP contribution in [0.3, 0.4) is 0 Å². The number of amides is 1. The van der Waals surface area contributed by atoms with Crippen LogP contribution in [0.15, 0.2) is 42.5 Å². The number of aromatic nitrogens is 1. The molecule has 2 aromatic carbocycles. The smallest absolute Gasteiger partial charge is 0.341 e. The molecule has 0 saturated heterocycles. The van der Waals surface area contributed by atoms with Crippen molar-refractivity contribution < 1.29 is 22.8 Å². The second-order valence-corrected chi connectivity index (χ2v) is 7.54. The number of carbonyl (C=O) groups excluding carboxylic acids is 2. The Kier molecular flexibility index (Phi) is 5.74. The second-order valence-electron chi connectivity index (χ2n) is 7.54. The Bertz CT molecular complexity index is 1130. The standard InChI is InChI=1S/C23H23F3N2O2/c1-14-9-17(11-18(10-14)23(24,25)26)12-28(16(3)30)13-20-19-7-5-6-8-21(19)27(4)22(20)15(2)29/h5-11H,12-13H2,1-4H3. The summed E-state index contributed by atoms with van der Waals surface area (Å²) in [4.78, 5) is 26.1. The third kappa shape index (κ3) is 4.25. The number of aryl methyl sites for hydroxylation is 2. The van der Waals surface area contributed by atoms with Gasteiger partial charge in [0, 0.05) is 50.5 Å². The summed E-state index contributed by atoms with van der Waals surface area (Å²) in [6.45, 7) is 4.57. The van der Waals surface area contributed by atoms with E-state index in [0.717, 1.165) is 23.0 Å². The highest BCUT2D eigenvalue weighted by Gasteiger charge is 2.31. The molecule has 158 valence electrons. The minimum Gasteiger partial charge on any atom is -0.341 e. The van der Waals surface area contributed by atoms with Gasteiger partial charge in [0.2, 0.25) is 5.91 Å². The van der Waals surface area contributed by atoms with E-state index in [1.165, 1.54) is 18.7 Å². The summed E-state index contributed by atoms with van der Waals surface area (Å²) in [6.07, 6.45) is -4.46. The van der Waals surface area contributed by atoms with E-state index in [0.29, 0.717) is 22.4 Å². The molecule has 0 bridgehead atoms. The van der Waals surface area contributed by atoms with Crippen LogP contribution in [0.2, 0.25) is 0 Å². The molecule has 0 radical (unpaired) electrons. The van der Waals surface area contributed by atoms with Crippen molar-refractivity contribution in [2.75, 3.05) is 0 Å². The molecule has 1 amide bonds. The van der Waals surface area contributed by atoms with E-state index in [9.17, 15) is 22.8 Å². The van der Waals surface area contributed by atoms with Crippen LogP contribution in [0, 0.1) is 6.92 Å². The van der Waals surface area contributed by atoms with Gasteiger partial charge in [-0.15, -0.1) is 0 Å². The molecule has 30 heavy (non-hydrogen) atoms. The van der Waals surface area contributed by atoms with Gasteiger partial charge < -0.3 is 9.47 Å². The minimum atomic E-state index is -4.46. The van der Waals surface area contributed by atoms with Gasteiger partial charge >= 0.3 is 6.18 Å². The van der Waals surface area contributed by atoms with Crippen molar-refractivity contribution in [3.05, 3.63) is 70.4 Å². The van der Waals surface area contributed by atoms with Crippen LogP contribution in [0.5, 0.6) is 0 Å². The molecule has 0 unspecified atom stereocenters. The molecule has 0 aliphatic rings. The van der Waals surface area contributed by atoms with Gasteiger partial charge in [-0.3, -0.25) is 9.59 Å². The number of ketones is 1. The maximum absolute atomic E-state index is 13.2. The first kappa shape index (κ1) is 21.6. The quantitative estimate of drug-likeness (QED) is 0.533. The number of carbonyl (C=O) groups is 2. The third-order valence-corrected chi connectivity index (χ3v) is 5.18. The maximum Gasteiger partial charge on any atom is 0.416 e. The van der Waals surface area contributed by atoms with E-state index in [1.807, 2.05) is 24.3 Å². The lowest BCUT2D eigenvalue weighted by molar-refractivity contribution is -0.137. The molecular weight excluding hydrogens is 393 g/mol. The van der Waals surface area contributed by atoms with E-state index < -0.39 is 11.7 Å². The molecule has 0 aliphatic heterocycles. The third-order valence-electron chi connectivity index (χ3n) is 5.18. The van der Waals surface area contributed by atoms with Gasteiger partial charge in [0.1, 0.15) is 0 Å². The average molecular weight is 416 g/mol. The highest BCUT2D eigenvalue weighted by Crippen LogP contribution is 2.32.